The van der Waals surface area contributed by atoms with Crippen molar-refractivity contribution in [2.24, 2.45) is 5.92 Å². The molecule has 2 aromatic carbocycles. The van der Waals surface area contributed by atoms with E-state index < -0.39 is 0 Å². The lowest BCUT2D eigenvalue weighted by atomic mass is 9.90. The zero-order valence-electron chi connectivity index (χ0n) is 17.9. The Hall–Kier alpha value is -3.12. The molecule has 2 aromatic heterocycles. The van der Waals surface area contributed by atoms with E-state index in [1.54, 1.807) is 12.3 Å². The van der Waals surface area contributed by atoms with E-state index in [-0.39, 0.29) is 11.9 Å². The highest BCUT2D eigenvalue weighted by molar-refractivity contribution is 5.88. The predicted molar refractivity (Wildman–Crippen MR) is 123 cm³/mol. The number of hydrogen-bond acceptors (Lipinski definition) is 4. The second-order valence-corrected chi connectivity index (χ2v) is 8.97. The number of piperidine rings is 1. The fourth-order valence-electron chi connectivity index (χ4n) is 5.11. The van der Waals surface area contributed by atoms with Crippen LogP contribution >= 0.6 is 0 Å². The van der Waals surface area contributed by atoms with E-state index in [1.807, 2.05) is 36.5 Å². The molecule has 1 atom stereocenters. The number of aromatic amines is 1. The van der Waals surface area contributed by atoms with E-state index in [0.717, 1.165) is 72.2 Å². The molecule has 164 valence electrons. The first kappa shape index (κ1) is 19.6. The number of pyridine rings is 1. The normalized spacial score (nSPS) is 19.6. The molecule has 0 spiro atoms. The van der Waals surface area contributed by atoms with Crippen molar-refractivity contribution >= 4 is 21.8 Å². The van der Waals surface area contributed by atoms with Crippen molar-refractivity contribution in [3.63, 3.8) is 0 Å². The third kappa shape index (κ3) is 3.69. The molecule has 2 aliphatic heterocycles. The minimum absolute atomic E-state index is 0.0152. The smallest absolute Gasteiger partial charge is 0.171 e. The first-order valence-corrected chi connectivity index (χ1v) is 11.4. The number of ether oxygens (including phenoxy) is 2. The van der Waals surface area contributed by atoms with Gasteiger partial charge in [-0.25, -0.2) is 4.39 Å². The second-order valence-electron chi connectivity index (χ2n) is 8.97. The van der Waals surface area contributed by atoms with Crippen LogP contribution in [0.2, 0.25) is 0 Å². The second kappa shape index (κ2) is 8.10. The number of halogens is 1. The maximum atomic E-state index is 13.7. The minimum atomic E-state index is -0.173. The zero-order chi connectivity index (χ0) is 21.5. The molecule has 0 radical (unpaired) electrons. The van der Waals surface area contributed by atoms with Crippen molar-refractivity contribution in [2.75, 3.05) is 26.2 Å². The molecule has 1 saturated heterocycles. The topological polar surface area (TPSA) is 50.4 Å². The summed E-state index contributed by atoms with van der Waals surface area (Å²) in [5, 5.41) is 2.02. The lowest BCUT2D eigenvalue weighted by Crippen LogP contribution is -2.44. The highest BCUT2D eigenvalue weighted by atomic mass is 19.1. The molecule has 1 N–H and O–H groups in total. The van der Waals surface area contributed by atoms with Crippen LogP contribution in [0.15, 0.2) is 54.9 Å². The van der Waals surface area contributed by atoms with Crippen molar-refractivity contribution in [3.8, 4) is 11.5 Å². The minimum Gasteiger partial charge on any atom is -0.486 e. The van der Waals surface area contributed by atoms with Crippen molar-refractivity contribution in [2.45, 2.75) is 25.4 Å². The summed E-state index contributed by atoms with van der Waals surface area (Å²) in [5.74, 6) is 2.06. The van der Waals surface area contributed by atoms with Crippen LogP contribution in [-0.2, 0) is 6.42 Å². The lowest BCUT2D eigenvalue weighted by Gasteiger charge is -2.36. The van der Waals surface area contributed by atoms with Gasteiger partial charge in [-0.3, -0.25) is 9.88 Å². The van der Waals surface area contributed by atoms with E-state index in [0.29, 0.717) is 12.5 Å². The Bertz CT molecular complexity index is 1260. The Morgan fingerprint density at radius 2 is 2.00 bits per heavy atom. The molecule has 0 saturated carbocycles. The van der Waals surface area contributed by atoms with Crippen LogP contribution in [0, 0.1) is 11.7 Å². The average Bonchev–Trinajstić information content (AvgIpc) is 3.22. The maximum Gasteiger partial charge on any atom is 0.171 e. The Morgan fingerprint density at radius 3 is 2.91 bits per heavy atom. The Morgan fingerprint density at radius 1 is 1.09 bits per heavy atom. The van der Waals surface area contributed by atoms with Gasteiger partial charge in [-0.1, -0.05) is 0 Å². The maximum absolute atomic E-state index is 13.7. The summed E-state index contributed by atoms with van der Waals surface area (Å²) in [4.78, 5) is 10.2. The Labute approximate surface area is 186 Å². The van der Waals surface area contributed by atoms with Gasteiger partial charge in [0.25, 0.3) is 0 Å². The van der Waals surface area contributed by atoms with Crippen LogP contribution < -0.4 is 9.47 Å². The van der Waals surface area contributed by atoms with Crippen molar-refractivity contribution in [1.29, 1.82) is 0 Å². The van der Waals surface area contributed by atoms with Gasteiger partial charge >= 0.3 is 0 Å². The van der Waals surface area contributed by atoms with Gasteiger partial charge in [0, 0.05) is 35.2 Å². The molecule has 6 rings (SSSR count). The number of nitrogens with one attached hydrogen (secondary N) is 1. The molecular weight excluding hydrogens is 405 g/mol. The van der Waals surface area contributed by atoms with Crippen molar-refractivity contribution < 1.29 is 13.9 Å². The van der Waals surface area contributed by atoms with E-state index in [1.165, 1.54) is 11.6 Å². The number of H-pyrrole nitrogens is 1. The molecule has 0 amide bonds. The number of likely N-dealkylation sites (tertiary alicyclic amines) is 1. The molecule has 1 unspecified atom stereocenters. The van der Waals surface area contributed by atoms with Crippen molar-refractivity contribution in [3.05, 3.63) is 66.2 Å². The molecule has 2 aliphatic rings. The van der Waals surface area contributed by atoms with E-state index in [4.69, 9.17) is 9.47 Å². The molecule has 6 heteroatoms. The molecule has 4 heterocycles. The third-order valence-electron chi connectivity index (χ3n) is 6.82. The highest BCUT2D eigenvalue weighted by Crippen LogP contribution is 2.38. The van der Waals surface area contributed by atoms with Crippen LogP contribution in [0.1, 0.15) is 18.4 Å². The van der Waals surface area contributed by atoms with Gasteiger partial charge in [-0.05, 0) is 86.3 Å². The van der Waals surface area contributed by atoms with Crippen LogP contribution in [-0.4, -0.2) is 47.2 Å². The van der Waals surface area contributed by atoms with Crippen LogP contribution in [0.25, 0.3) is 21.8 Å². The summed E-state index contributed by atoms with van der Waals surface area (Å²) >= 11 is 0. The van der Waals surface area contributed by atoms with Gasteiger partial charge in [0.15, 0.2) is 11.5 Å². The number of hydrogen-bond donors (Lipinski definition) is 1. The van der Waals surface area contributed by atoms with E-state index in [9.17, 15) is 4.39 Å². The first-order valence-electron chi connectivity index (χ1n) is 11.4. The Balaban J connectivity index is 1.08. The standard InChI is InChI=1S/C26H26FN3O2/c27-19-3-4-24-22(13-19)18(14-29-24)12-17-7-10-30(11-8-17)15-20-16-31-25-6-5-23-21(26(25)32-20)2-1-9-28-23/h1-6,9,13-14,17,20,29H,7-8,10-12,15-16H2. The SMILES string of the molecule is Fc1ccc2[nH]cc(CC3CCN(CC4COc5ccc6ncccc6c5O4)CC3)c2c1. The number of nitrogens with zero attached hydrogens (tertiary/aromatic N) is 2. The summed E-state index contributed by atoms with van der Waals surface area (Å²) in [7, 11) is 0. The lowest BCUT2D eigenvalue weighted by molar-refractivity contribution is 0.0492. The molecule has 0 aliphatic carbocycles. The fourth-order valence-corrected chi connectivity index (χ4v) is 5.11. The van der Waals surface area contributed by atoms with Gasteiger partial charge < -0.3 is 14.5 Å². The molecule has 4 aromatic rings. The summed E-state index contributed by atoms with van der Waals surface area (Å²) in [6.45, 7) is 3.52. The van der Waals surface area contributed by atoms with Gasteiger partial charge in [0.1, 0.15) is 18.5 Å². The average molecular weight is 432 g/mol. The van der Waals surface area contributed by atoms with E-state index in [2.05, 4.69) is 14.9 Å². The fraction of sp³-hybridized carbons (Fsp3) is 0.346. The molecule has 1 fully saturated rings. The van der Waals surface area contributed by atoms with Gasteiger partial charge in [-0.2, -0.15) is 0 Å². The monoisotopic (exact) mass is 431 g/mol. The Kier molecular flexibility index (Phi) is 4.95. The predicted octanol–water partition coefficient (Wildman–Crippen LogP) is 4.95. The molecule has 0 bridgehead atoms. The number of aromatic nitrogens is 2. The molecule has 5 nitrogen and oxygen atoms in total. The molecule has 32 heavy (non-hydrogen) atoms. The largest absolute Gasteiger partial charge is 0.486 e. The highest BCUT2D eigenvalue weighted by Gasteiger charge is 2.27. The number of fused-ring (bicyclic) bond motifs is 4. The van der Waals surface area contributed by atoms with Gasteiger partial charge in [0.05, 0.1) is 5.52 Å². The van der Waals surface area contributed by atoms with Gasteiger partial charge in [-0.15, -0.1) is 0 Å². The van der Waals surface area contributed by atoms with E-state index >= 15 is 0 Å². The van der Waals surface area contributed by atoms with Crippen LogP contribution in [0.5, 0.6) is 11.5 Å². The summed E-state index contributed by atoms with van der Waals surface area (Å²) in [6, 6.07) is 12.9. The van der Waals surface area contributed by atoms with Gasteiger partial charge in [0.2, 0.25) is 0 Å². The quantitative estimate of drug-likeness (QED) is 0.497. The van der Waals surface area contributed by atoms with Crippen LogP contribution in [0.3, 0.4) is 0 Å². The number of rotatable bonds is 4. The molecular formula is C26H26FN3O2. The summed E-state index contributed by atoms with van der Waals surface area (Å²) in [5.41, 5.74) is 3.16. The number of benzene rings is 2. The van der Waals surface area contributed by atoms with Crippen molar-refractivity contribution in [1.82, 2.24) is 14.9 Å². The summed E-state index contributed by atoms with van der Waals surface area (Å²) < 4.78 is 26.1. The zero-order valence-corrected chi connectivity index (χ0v) is 17.9. The van der Waals surface area contributed by atoms with Crippen LogP contribution in [0.4, 0.5) is 4.39 Å². The summed E-state index contributed by atoms with van der Waals surface area (Å²) in [6.07, 6.45) is 7.12. The third-order valence-corrected chi connectivity index (χ3v) is 6.82. The first-order chi connectivity index (χ1) is 15.7.